The highest BCUT2D eigenvalue weighted by molar-refractivity contribution is 7.88. The number of hydroxylamine groups is 2. The molecular weight excluding hydrogens is 450 g/mol. The first-order valence-electron chi connectivity index (χ1n) is 9.34. The van der Waals surface area contributed by atoms with Crippen LogP contribution in [0.2, 0.25) is 0 Å². The van der Waals surface area contributed by atoms with Crippen LogP contribution in [-0.4, -0.2) is 62.4 Å². The molecule has 2 amide bonds. The number of carboxylic acids is 1. The van der Waals surface area contributed by atoms with Gasteiger partial charge in [0.1, 0.15) is 11.0 Å². The summed E-state index contributed by atoms with van der Waals surface area (Å²) in [5.41, 5.74) is 8.81. The second kappa shape index (κ2) is 10.4. The summed E-state index contributed by atoms with van der Waals surface area (Å²) in [6.45, 7) is -0.124. The summed E-state index contributed by atoms with van der Waals surface area (Å²) in [6, 6.07) is 6.39. The molecule has 32 heavy (non-hydrogen) atoms. The SMILES string of the molecule is [N-]=[N+]=NOc1ccccc1CN(O)CCCCC(C(=O)O)(N1C(=O)CCC1=O)S(=O)(=O)O. The molecule has 0 aliphatic carbocycles. The first kappa shape index (κ1) is 25.0. The molecule has 1 aromatic carbocycles. The van der Waals surface area contributed by atoms with Gasteiger partial charge >= 0.3 is 16.1 Å². The quantitative estimate of drug-likeness (QED) is 0.0759. The number of carbonyl (C=O) groups is 3. The van der Waals surface area contributed by atoms with Crippen LogP contribution in [0.25, 0.3) is 10.4 Å². The number of para-hydroxylation sites is 1. The van der Waals surface area contributed by atoms with E-state index in [1.165, 1.54) is 6.07 Å². The molecule has 1 atom stereocenters. The summed E-state index contributed by atoms with van der Waals surface area (Å²) < 4.78 is 33.6. The Hall–Kier alpha value is -3.23. The molecule has 2 rings (SSSR count). The van der Waals surface area contributed by atoms with Gasteiger partial charge in [0.05, 0.1) is 6.54 Å². The van der Waals surface area contributed by atoms with E-state index in [1.807, 2.05) is 0 Å². The molecular formula is C17H21N5O9S. The van der Waals surface area contributed by atoms with Crippen molar-refractivity contribution in [2.45, 2.75) is 43.5 Å². The zero-order valence-corrected chi connectivity index (χ0v) is 17.5. The number of likely N-dealkylation sites (tertiary alicyclic amines) is 1. The van der Waals surface area contributed by atoms with Gasteiger partial charge in [-0.15, -0.1) is 0 Å². The average Bonchev–Trinajstić information content (AvgIpc) is 3.05. The van der Waals surface area contributed by atoms with Crippen molar-refractivity contribution < 1.29 is 42.5 Å². The Balaban J connectivity index is 2.06. The molecule has 0 aromatic heterocycles. The van der Waals surface area contributed by atoms with E-state index >= 15 is 0 Å². The molecule has 0 spiro atoms. The third kappa shape index (κ3) is 5.33. The van der Waals surface area contributed by atoms with Gasteiger partial charge in [0.2, 0.25) is 11.8 Å². The van der Waals surface area contributed by atoms with E-state index in [2.05, 4.69) is 10.2 Å². The van der Waals surface area contributed by atoms with Gasteiger partial charge in [-0.1, -0.05) is 18.2 Å². The summed E-state index contributed by atoms with van der Waals surface area (Å²) in [7, 11) is -5.39. The molecule has 1 saturated heterocycles. The van der Waals surface area contributed by atoms with Crippen molar-refractivity contribution in [3.8, 4) is 5.75 Å². The molecule has 3 N–H and O–H groups in total. The highest BCUT2D eigenvalue weighted by Gasteiger charge is 2.60. The fraction of sp³-hybridized carbons (Fsp3) is 0.471. The van der Waals surface area contributed by atoms with Crippen LogP contribution in [0.1, 0.15) is 37.7 Å². The minimum Gasteiger partial charge on any atom is -0.479 e. The third-order valence-electron chi connectivity index (χ3n) is 4.86. The monoisotopic (exact) mass is 471 g/mol. The molecule has 1 fully saturated rings. The van der Waals surface area contributed by atoms with Crippen molar-refractivity contribution in [2.75, 3.05) is 6.54 Å². The van der Waals surface area contributed by atoms with Crippen LogP contribution in [0.4, 0.5) is 0 Å². The fourth-order valence-electron chi connectivity index (χ4n) is 3.37. The minimum atomic E-state index is -5.39. The van der Waals surface area contributed by atoms with Crippen LogP contribution in [-0.2, 0) is 31.0 Å². The molecule has 14 nitrogen and oxygen atoms in total. The number of hydrogen-bond donors (Lipinski definition) is 3. The lowest BCUT2D eigenvalue weighted by Crippen LogP contribution is -2.61. The first-order valence-corrected chi connectivity index (χ1v) is 10.8. The molecule has 1 heterocycles. The molecule has 0 saturated carbocycles. The van der Waals surface area contributed by atoms with Crippen molar-refractivity contribution >= 4 is 27.9 Å². The van der Waals surface area contributed by atoms with Gasteiger partial charge in [0.15, 0.2) is 0 Å². The number of benzene rings is 1. The maximum absolute atomic E-state index is 12.0. The summed E-state index contributed by atoms with van der Waals surface area (Å²) in [5, 5.41) is 23.5. The standard InChI is InChI=1S/C17H21N5O9S/c18-19-20-31-13-6-2-1-5-12(13)11-21(27)10-4-3-9-17(16(25)26,32(28,29)30)22-14(23)7-8-15(22)24/h1-2,5-6,27H,3-4,7-11H2,(H,25,26)(H,28,29,30). The maximum Gasteiger partial charge on any atom is 0.348 e. The topological polar surface area (TPSA) is 211 Å². The van der Waals surface area contributed by atoms with Crippen molar-refractivity contribution in [1.29, 1.82) is 0 Å². The fourth-order valence-corrected chi connectivity index (χ4v) is 4.43. The molecule has 1 unspecified atom stereocenters. The molecule has 15 heteroatoms. The van der Waals surface area contributed by atoms with Crippen molar-refractivity contribution in [3.05, 3.63) is 40.3 Å². The Bertz CT molecular complexity index is 1020. The number of imide groups is 1. The summed E-state index contributed by atoms with van der Waals surface area (Å²) >= 11 is 0. The Labute approximate surface area is 182 Å². The largest absolute Gasteiger partial charge is 0.479 e. The van der Waals surface area contributed by atoms with Gasteiger partial charge in [-0.05, 0) is 30.9 Å². The smallest absolute Gasteiger partial charge is 0.348 e. The van der Waals surface area contributed by atoms with Gasteiger partial charge in [-0.3, -0.25) is 14.1 Å². The number of nitrogens with zero attached hydrogens (tertiary/aromatic N) is 5. The molecule has 1 aliphatic rings. The minimum absolute atomic E-state index is 0.0522. The van der Waals surface area contributed by atoms with Crippen LogP contribution in [0.3, 0.4) is 0 Å². The van der Waals surface area contributed by atoms with Crippen molar-refractivity contribution in [3.63, 3.8) is 0 Å². The summed E-state index contributed by atoms with van der Waals surface area (Å²) in [6.07, 6.45) is -1.59. The van der Waals surface area contributed by atoms with Crippen LogP contribution < -0.4 is 4.84 Å². The Morgan fingerprint density at radius 1 is 1.25 bits per heavy atom. The van der Waals surface area contributed by atoms with Crippen LogP contribution in [0, 0.1) is 0 Å². The molecule has 1 aromatic rings. The number of carboxylic acid groups (broad SMARTS) is 1. The molecule has 174 valence electrons. The molecule has 1 aliphatic heterocycles. The lowest BCUT2D eigenvalue weighted by molar-refractivity contribution is -0.158. The third-order valence-corrected chi connectivity index (χ3v) is 6.27. The first-order chi connectivity index (χ1) is 15.0. The van der Waals surface area contributed by atoms with E-state index in [1.54, 1.807) is 18.2 Å². The van der Waals surface area contributed by atoms with E-state index in [0.717, 1.165) is 5.06 Å². The van der Waals surface area contributed by atoms with E-state index in [-0.39, 0.29) is 49.4 Å². The lowest BCUT2D eigenvalue weighted by atomic mass is 10.1. The Kier molecular flexibility index (Phi) is 8.13. The highest BCUT2D eigenvalue weighted by atomic mass is 32.2. The summed E-state index contributed by atoms with van der Waals surface area (Å²) in [4.78, 5) is 40.1. The van der Waals surface area contributed by atoms with E-state index < -0.39 is 39.2 Å². The highest BCUT2D eigenvalue weighted by Crippen LogP contribution is 2.33. The molecule has 0 radical (unpaired) electrons. The van der Waals surface area contributed by atoms with Gasteiger partial charge in [0, 0.05) is 29.9 Å². The average molecular weight is 471 g/mol. The number of rotatable bonds is 12. The second-order valence-electron chi connectivity index (χ2n) is 6.90. The maximum atomic E-state index is 12.0. The van der Waals surface area contributed by atoms with Crippen LogP contribution in [0.5, 0.6) is 5.75 Å². The van der Waals surface area contributed by atoms with Crippen LogP contribution >= 0.6 is 0 Å². The van der Waals surface area contributed by atoms with Gasteiger partial charge < -0.3 is 15.2 Å². The second-order valence-corrected chi connectivity index (χ2v) is 8.53. The van der Waals surface area contributed by atoms with Crippen molar-refractivity contribution in [1.82, 2.24) is 9.96 Å². The van der Waals surface area contributed by atoms with Gasteiger partial charge in [-0.2, -0.15) is 13.5 Å². The van der Waals surface area contributed by atoms with Crippen LogP contribution in [0.15, 0.2) is 29.5 Å². The normalized spacial score (nSPS) is 16.0. The Morgan fingerprint density at radius 2 is 1.88 bits per heavy atom. The van der Waals surface area contributed by atoms with Gasteiger partial charge in [0.25, 0.3) is 4.87 Å². The van der Waals surface area contributed by atoms with E-state index in [4.69, 9.17) is 10.4 Å². The zero-order chi connectivity index (χ0) is 23.9. The van der Waals surface area contributed by atoms with E-state index in [9.17, 15) is 37.7 Å². The molecule has 0 bridgehead atoms. The predicted molar refractivity (Wildman–Crippen MR) is 105 cm³/mol. The number of azide groups is 1. The number of carbonyl (C=O) groups excluding carboxylic acids is 2. The Morgan fingerprint density at radius 3 is 2.44 bits per heavy atom. The number of amides is 2. The lowest BCUT2D eigenvalue weighted by Gasteiger charge is -2.33. The number of hydrogen-bond acceptors (Lipinski definition) is 9. The number of unbranched alkanes of at least 4 members (excludes halogenated alkanes) is 1. The van der Waals surface area contributed by atoms with Crippen molar-refractivity contribution in [2.24, 2.45) is 5.28 Å². The summed E-state index contributed by atoms with van der Waals surface area (Å²) in [5.74, 6) is -3.86. The number of aliphatic carboxylic acids is 1. The van der Waals surface area contributed by atoms with Gasteiger partial charge in [-0.25, -0.2) is 9.69 Å². The van der Waals surface area contributed by atoms with E-state index in [0.29, 0.717) is 5.56 Å². The predicted octanol–water partition coefficient (Wildman–Crippen LogP) is 1.47. The zero-order valence-electron chi connectivity index (χ0n) is 16.7.